The molecule has 0 bridgehead atoms. The van der Waals surface area contributed by atoms with E-state index in [1.54, 1.807) is 6.08 Å². The summed E-state index contributed by atoms with van der Waals surface area (Å²) in [7, 11) is 0. The van der Waals surface area contributed by atoms with Crippen LogP contribution in [0.1, 0.15) is 17.5 Å². The van der Waals surface area contributed by atoms with Crippen LogP contribution in [0, 0.1) is 0 Å². The number of nitrogens with one attached hydrogen (secondary N) is 1. The van der Waals surface area contributed by atoms with Gasteiger partial charge in [0.15, 0.2) is 17.7 Å². The molecule has 0 fully saturated rings. The van der Waals surface area contributed by atoms with Crippen LogP contribution in [0.3, 0.4) is 0 Å². The van der Waals surface area contributed by atoms with Crippen LogP contribution in [0.5, 0.6) is 11.5 Å². The summed E-state index contributed by atoms with van der Waals surface area (Å²) >= 11 is 0. The van der Waals surface area contributed by atoms with Gasteiger partial charge in [-0.15, -0.1) is 0 Å². The maximum atomic E-state index is 11.1. The number of phenolic OH excluding ortho intramolecular Hbond substituents is 1. The van der Waals surface area contributed by atoms with Crippen molar-refractivity contribution in [2.45, 2.75) is 19.3 Å². The predicted octanol–water partition coefficient (Wildman–Crippen LogP) is 5.87. The Morgan fingerprint density at radius 2 is 1.87 bits per heavy atom. The fraction of sp³-hybridized carbons (Fsp3) is 0.148. The molecule has 2 N–H and O–H groups in total. The second-order valence-corrected chi connectivity index (χ2v) is 8.08. The van der Waals surface area contributed by atoms with Crippen molar-refractivity contribution in [3.63, 3.8) is 0 Å². The van der Waals surface area contributed by atoms with Gasteiger partial charge in [-0.05, 0) is 65.4 Å². The molecule has 3 heteroatoms. The molecule has 1 heterocycles. The van der Waals surface area contributed by atoms with E-state index >= 15 is 0 Å². The molecular weight excluding hydrogens is 370 g/mol. The van der Waals surface area contributed by atoms with Crippen molar-refractivity contribution < 1.29 is 14.8 Å². The lowest BCUT2D eigenvalue weighted by Crippen LogP contribution is -2.08. The minimum absolute atomic E-state index is 0.238. The van der Waals surface area contributed by atoms with Crippen LogP contribution in [0.2, 0.25) is 0 Å². The van der Waals surface area contributed by atoms with E-state index < -0.39 is 0 Å². The van der Waals surface area contributed by atoms with E-state index in [2.05, 4.69) is 60.2 Å². The topological polar surface area (TPSA) is 43.6 Å². The van der Waals surface area contributed by atoms with Crippen molar-refractivity contribution in [2.75, 3.05) is 6.61 Å². The SMILES string of the molecule is C=CCOc1ccc2cc3c4c(cc5c6ccccc6c[nH+]c35)CCCc4c2c1O. The number of fused-ring (bicyclic) bond motifs is 6. The number of benzene rings is 4. The zero-order valence-electron chi connectivity index (χ0n) is 16.7. The van der Waals surface area contributed by atoms with E-state index in [1.165, 1.54) is 38.1 Å². The van der Waals surface area contributed by atoms with E-state index in [0.717, 1.165) is 35.6 Å². The Bertz CT molecular complexity index is 1500. The van der Waals surface area contributed by atoms with Crippen LogP contribution in [0.15, 0.2) is 67.4 Å². The minimum atomic E-state index is 0.238. The molecule has 0 atom stereocenters. The normalized spacial score (nSPS) is 13.3. The molecule has 0 radical (unpaired) electrons. The summed E-state index contributed by atoms with van der Waals surface area (Å²) in [5.74, 6) is 0.755. The van der Waals surface area contributed by atoms with Crippen molar-refractivity contribution in [1.29, 1.82) is 0 Å². The molecule has 146 valence electrons. The Morgan fingerprint density at radius 1 is 0.967 bits per heavy atom. The van der Waals surface area contributed by atoms with Crippen molar-refractivity contribution in [2.24, 2.45) is 0 Å². The van der Waals surface area contributed by atoms with Gasteiger partial charge in [-0.25, -0.2) is 4.98 Å². The third-order valence-electron chi connectivity index (χ3n) is 6.38. The molecule has 30 heavy (non-hydrogen) atoms. The first kappa shape index (κ1) is 17.3. The van der Waals surface area contributed by atoms with E-state index in [1.807, 2.05) is 6.07 Å². The highest BCUT2D eigenvalue weighted by Crippen LogP contribution is 2.44. The number of aryl methyl sites for hydroxylation is 2. The molecule has 6 rings (SSSR count). The molecule has 0 saturated carbocycles. The number of phenols is 1. The highest BCUT2D eigenvalue weighted by molar-refractivity contribution is 6.19. The van der Waals surface area contributed by atoms with E-state index in [9.17, 15) is 5.11 Å². The monoisotopic (exact) mass is 392 g/mol. The fourth-order valence-electron chi connectivity index (χ4n) is 5.12. The predicted molar refractivity (Wildman–Crippen MR) is 122 cm³/mol. The summed E-state index contributed by atoms with van der Waals surface area (Å²) in [5, 5.41) is 19.3. The molecule has 1 aliphatic rings. The Labute approximate surface area is 174 Å². The number of hydrogen-bond donors (Lipinski definition) is 1. The lowest BCUT2D eigenvalue weighted by Gasteiger charge is -2.21. The zero-order chi connectivity index (χ0) is 20.2. The van der Waals surface area contributed by atoms with Gasteiger partial charge in [-0.3, -0.25) is 0 Å². The molecule has 0 spiro atoms. The standard InChI is InChI=1S/C27H21NO2/c1-2-12-30-23-11-10-17-14-22-24-16(7-5-9-20(24)25(17)27(23)29)13-21-19-8-4-3-6-18(19)15-28-26(21)22/h2-4,6,8,10-11,13-15,29H,1,5,7,9,12H2/p+1. The van der Waals surface area contributed by atoms with Crippen LogP contribution >= 0.6 is 0 Å². The largest absolute Gasteiger partial charge is 0.504 e. The maximum absolute atomic E-state index is 11.1. The second-order valence-electron chi connectivity index (χ2n) is 8.08. The van der Waals surface area contributed by atoms with Gasteiger partial charge in [0.1, 0.15) is 6.61 Å². The van der Waals surface area contributed by atoms with Crippen molar-refractivity contribution in [1.82, 2.24) is 0 Å². The molecular formula is C27H22NO2+. The number of rotatable bonds is 3. The van der Waals surface area contributed by atoms with Gasteiger partial charge in [-0.1, -0.05) is 36.9 Å². The molecule has 0 aliphatic heterocycles. The highest BCUT2D eigenvalue weighted by Gasteiger charge is 2.23. The Morgan fingerprint density at radius 3 is 2.77 bits per heavy atom. The number of aromatic nitrogens is 1. The Balaban J connectivity index is 1.77. The molecule has 0 amide bonds. The lowest BCUT2D eigenvalue weighted by atomic mass is 9.83. The summed E-state index contributed by atoms with van der Waals surface area (Å²) in [5.41, 5.74) is 3.75. The zero-order valence-corrected chi connectivity index (χ0v) is 16.7. The van der Waals surface area contributed by atoms with Gasteiger partial charge in [0.25, 0.3) is 0 Å². The molecule has 1 aliphatic carbocycles. The number of aromatic amines is 1. The second kappa shape index (κ2) is 6.46. The van der Waals surface area contributed by atoms with E-state index in [-0.39, 0.29) is 5.75 Å². The summed E-state index contributed by atoms with van der Waals surface area (Å²) in [6, 6.07) is 17.0. The van der Waals surface area contributed by atoms with E-state index in [0.29, 0.717) is 12.4 Å². The van der Waals surface area contributed by atoms with Crippen molar-refractivity contribution >= 4 is 43.2 Å². The number of ether oxygens (including phenoxy) is 1. The molecule has 3 nitrogen and oxygen atoms in total. The molecule has 0 saturated heterocycles. The third kappa shape index (κ3) is 2.35. The average molecular weight is 392 g/mol. The molecule has 4 aromatic carbocycles. The maximum Gasteiger partial charge on any atom is 0.219 e. The first-order chi connectivity index (χ1) is 14.8. The Hall–Kier alpha value is -3.59. The molecule has 1 aromatic heterocycles. The summed E-state index contributed by atoms with van der Waals surface area (Å²) < 4.78 is 5.70. The first-order valence-corrected chi connectivity index (χ1v) is 10.5. The number of pyridine rings is 1. The lowest BCUT2D eigenvalue weighted by molar-refractivity contribution is -0.341. The van der Waals surface area contributed by atoms with E-state index in [4.69, 9.17) is 4.74 Å². The highest BCUT2D eigenvalue weighted by atomic mass is 16.5. The van der Waals surface area contributed by atoms with Gasteiger partial charge in [-0.2, -0.15) is 0 Å². The molecule has 5 aromatic rings. The third-order valence-corrected chi connectivity index (χ3v) is 6.38. The summed E-state index contributed by atoms with van der Waals surface area (Å²) in [6.07, 6.45) is 6.88. The average Bonchev–Trinajstić information content (AvgIpc) is 2.78. The fourth-order valence-corrected chi connectivity index (χ4v) is 5.12. The minimum Gasteiger partial charge on any atom is -0.504 e. The summed E-state index contributed by atoms with van der Waals surface area (Å²) in [4.78, 5) is 3.56. The summed E-state index contributed by atoms with van der Waals surface area (Å²) in [6.45, 7) is 4.08. The van der Waals surface area contributed by atoms with Crippen molar-refractivity contribution in [3.8, 4) is 11.5 Å². The quantitative estimate of drug-likeness (QED) is 0.237. The van der Waals surface area contributed by atoms with Gasteiger partial charge in [0.2, 0.25) is 5.52 Å². The molecule has 0 unspecified atom stereocenters. The van der Waals surface area contributed by atoms with Crippen LogP contribution in [-0.2, 0) is 12.8 Å². The number of H-pyrrole nitrogens is 1. The number of aromatic hydroxyl groups is 1. The Kier molecular flexibility index (Phi) is 3.72. The van der Waals surface area contributed by atoms with Crippen LogP contribution in [0.25, 0.3) is 43.2 Å². The number of hydrogen-bond acceptors (Lipinski definition) is 2. The smallest absolute Gasteiger partial charge is 0.219 e. The van der Waals surface area contributed by atoms with Crippen molar-refractivity contribution in [3.05, 3.63) is 78.5 Å². The van der Waals surface area contributed by atoms with Gasteiger partial charge in [0, 0.05) is 16.2 Å². The van der Waals surface area contributed by atoms with Crippen LogP contribution < -0.4 is 9.72 Å². The van der Waals surface area contributed by atoms with Gasteiger partial charge in [0.05, 0.1) is 10.8 Å². The van der Waals surface area contributed by atoms with Crippen LogP contribution in [-0.4, -0.2) is 11.7 Å². The van der Waals surface area contributed by atoms with Crippen LogP contribution in [0.4, 0.5) is 0 Å². The van der Waals surface area contributed by atoms with Gasteiger partial charge >= 0.3 is 0 Å². The first-order valence-electron chi connectivity index (χ1n) is 10.5. The van der Waals surface area contributed by atoms with Gasteiger partial charge < -0.3 is 9.84 Å².